The van der Waals surface area contributed by atoms with Gasteiger partial charge in [0.05, 0.1) is 37.1 Å². The van der Waals surface area contributed by atoms with Gasteiger partial charge in [-0.1, -0.05) is 26.7 Å². The Morgan fingerprint density at radius 1 is 0.933 bits per heavy atom. The van der Waals surface area contributed by atoms with Crippen molar-refractivity contribution in [1.82, 2.24) is 0 Å². The van der Waals surface area contributed by atoms with Crippen LogP contribution in [0.3, 0.4) is 0 Å². The third kappa shape index (κ3) is 9.94. The van der Waals surface area contributed by atoms with E-state index in [0.29, 0.717) is 62.9 Å². The largest absolute Gasteiger partial charge is 0.392 e. The highest BCUT2D eigenvalue weighted by atomic mass is 16.5. The number of Topliss-reactive ketones (excluding diaryl/α,β-unsaturated/α-hetero) is 1. The van der Waals surface area contributed by atoms with E-state index in [-0.39, 0.29) is 29.4 Å². The maximum absolute atomic E-state index is 14.4. The summed E-state index contributed by atoms with van der Waals surface area (Å²) in [6.45, 7) is 5.91. The monoisotopic (exact) mass is 639 g/mol. The highest BCUT2D eigenvalue weighted by Crippen LogP contribution is 2.55. The molecule has 9 heteroatoms. The van der Waals surface area contributed by atoms with Crippen molar-refractivity contribution >= 4 is 5.78 Å². The van der Waals surface area contributed by atoms with Gasteiger partial charge in [0, 0.05) is 38.9 Å². The number of ketones is 1. The SMILES string of the molecule is COC1CC(CC[C@@H](O)[C@H](C(=O)CCC2CC(O)C(O)C(OCCCC(C)C)C2)C2(C3CC[NH2+]C(N)C3)CCCC2)CCC1O. The Balaban J connectivity index is 1.44. The highest BCUT2D eigenvalue weighted by molar-refractivity contribution is 5.82. The Morgan fingerprint density at radius 2 is 1.67 bits per heavy atom. The molecule has 3 aliphatic carbocycles. The summed E-state index contributed by atoms with van der Waals surface area (Å²) in [7, 11) is 1.66. The average molecular weight is 640 g/mol. The first-order valence-electron chi connectivity index (χ1n) is 18.5. The summed E-state index contributed by atoms with van der Waals surface area (Å²) in [4.78, 5) is 14.4. The second-order valence-electron chi connectivity index (χ2n) is 15.8. The van der Waals surface area contributed by atoms with Crippen LogP contribution in [0.2, 0.25) is 0 Å². The molecule has 0 amide bonds. The number of ether oxygens (including phenoxy) is 2. The summed E-state index contributed by atoms with van der Waals surface area (Å²) in [5.74, 6) is 1.15. The summed E-state index contributed by atoms with van der Waals surface area (Å²) in [5, 5.41) is 45.8. The first-order chi connectivity index (χ1) is 21.5. The van der Waals surface area contributed by atoms with Crippen molar-refractivity contribution in [2.45, 2.75) is 166 Å². The van der Waals surface area contributed by atoms with Crippen LogP contribution in [-0.4, -0.2) is 89.3 Å². The fourth-order valence-electron chi connectivity index (χ4n) is 9.71. The first kappa shape index (κ1) is 37.2. The number of aliphatic hydroxyl groups excluding tert-OH is 4. The van der Waals surface area contributed by atoms with Crippen LogP contribution < -0.4 is 11.1 Å². The molecule has 1 heterocycles. The van der Waals surface area contributed by atoms with E-state index in [1.165, 1.54) is 0 Å². The van der Waals surface area contributed by atoms with E-state index >= 15 is 0 Å². The Kier molecular flexibility index (Phi) is 14.6. The number of carbonyl (C=O) groups is 1. The quantitative estimate of drug-likeness (QED) is 0.141. The van der Waals surface area contributed by atoms with Crippen molar-refractivity contribution in [3.63, 3.8) is 0 Å². The Morgan fingerprint density at radius 3 is 2.36 bits per heavy atom. The number of carbonyl (C=O) groups excluding carboxylic acids is 1. The lowest BCUT2D eigenvalue weighted by molar-refractivity contribution is -0.700. The van der Waals surface area contributed by atoms with Gasteiger partial charge in [0.1, 0.15) is 18.1 Å². The van der Waals surface area contributed by atoms with Crippen LogP contribution in [0.25, 0.3) is 0 Å². The zero-order valence-electron chi connectivity index (χ0n) is 28.5. The van der Waals surface area contributed by atoms with Gasteiger partial charge in [-0.15, -0.1) is 0 Å². The first-order valence-corrected chi connectivity index (χ1v) is 18.5. The van der Waals surface area contributed by atoms with Crippen molar-refractivity contribution in [3.8, 4) is 0 Å². The third-order valence-corrected chi connectivity index (χ3v) is 12.3. The summed E-state index contributed by atoms with van der Waals surface area (Å²) in [6.07, 6.45) is 10.6. The maximum atomic E-state index is 14.4. The minimum Gasteiger partial charge on any atom is -0.392 e. The molecule has 262 valence electrons. The standard InChI is InChI=1S/C36H66N2O7/c1-23(2)7-6-18-45-32-21-25(19-30(42)35(32)43)10-13-29(41)34(28(40)12-9-24-8-11-27(39)31(20-24)44-3)36(15-4-5-16-36)26-14-17-38-33(37)22-26/h23-28,30-35,38-40,42-43H,4-22,37H2,1-3H3/p+1/t24?,25?,26?,27?,28-,30?,31?,32?,33?,34-,35?/m1/s1. The van der Waals surface area contributed by atoms with Gasteiger partial charge in [0.15, 0.2) is 0 Å². The molecular formula is C36H67N2O7+. The molecule has 9 nitrogen and oxygen atoms in total. The molecule has 0 radical (unpaired) electrons. The number of aliphatic hydroxyl groups is 4. The van der Waals surface area contributed by atoms with E-state index in [9.17, 15) is 25.2 Å². The number of piperidine rings is 1. The van der Waals surface area contributed by atoms with Crippen LogP contribution in [-0.2, 0) is 14.3 Å². The molecule has 0 aromatic carbocycles. The second-order valence-corrected chi connectivity index (χ2v) is 15.8. The van der Waals surface area contributed by atoms with Crippen LogP contribution in [0.1, 0.15) is 123 Å². The van der Waals surface area contributed by atoms with Gasteiger partial charge < -0.3 is 35.2 Å². The normalized spacial score (nSPS) is 37.0. The fraction of sp³-hybridized carbons (Fsp3) is 0.972. The molecule has 9 unspecified atom stereocenters. The Labute approximate surface area is 272 Å². The molecule has 4 aliphatic rings. The minimum absolute atomic E-state index is 0.0430. The molecule has 8 N–H and O–H groups in total. The lowest BCUT2D eigenvalue weighted by Crippen LogP contribution is -2.95. The van der Waals surface area contributed by atoms with Crippen molar-refractivity contribution in [1.29, 1.82) is 0 Å². The number of hydrogen-bond donors (Lipinski definition) is 6. The van der Waals surface area contributed by atoms with E-state index < -0.39 is 36.4 Å². The predicted molar refractivity (Wildman–Crippen MR) is 174 cm³/mol. The van der Waals surface area contributed by atoms with Crippen LogP contribution in [0, 0.1) is 35.0 Å². The molecule has 1 saturated heterocycles. The lowest BCUT2D eigenvalue weighted by atomic mass is 9.58. The number of rotatable bonds is 16. The molecule has 45 heavy (non-hydrogen) atoms. The molecule has 11 atom stereocenters. The molecule has 0 aromatic rings. The summed E-state index contributed by atoms with van der Waals surface area (Å²) < 4.78 is 11.6. The number of nitrogens with two attached hydrogens (primary N) is 2. The van der Waals surface area contributed by atoms with Crippen molar-refractivity contribution < 1.29 is 40.0 Å². The predicted octanol–water partition coefficient (Wildman–Crippen LogP) is 3.04. The molecule has 3 saturated carbocycles. The molecule has 4 rings (SSSR count). The van der Waals surface area contributed by atoms with E-state index in [1.807, 2.05) is 0 Å². The molecule has 0 bridgehead atoms. The summed E-state index contributed by atoms with van der Waals surface area (Å²) in [5.41, 5.74) is 6.24. The van der Waals surface area contributed by atoms with E-state index in [4.69, 9.17) is 15.2 Å². The molecular weight excluding hydrogens is 572 g/mol. The van der Waals surface area contributed by atoms with Gasteiger partial charge in [-0.2, -0.15) is 0 Å². The Bertz CT molecular complexity index is 883. The smallest absolute Gasteiger partial charge is 0.139 e. The van der Waals surface area contributed by atoms with Crippen LogP contribution in [0.5, 0.6) is 0 Å². The van der Waals surface area contributed by atoms with Crippen LogP contribution in [0.15, 0.2) is 0 Å². The summed E-state index contributed by atoms with van der Waals surface area (Å²) >= 11 is 0. The lowest BCUT2D eigenvalue weighted by Gasteiger charge is -2.47. The van der Waals surface area contributed by atoms with E-state index in [1.54, 1.807) is 7.11 Å². The highest BCUT2D eigenvalue weighted by Gasteiger charge is 2.53. The topological polar surface area (TPSA) is 159 Å². The van der Waals surface area contributed by atoms with Gasteiger partial charge in [-0.25, -0.2) is 0 Å². The maximum Gasteiger partial charge on any atom is 0.139 e. The van der Waals surface area contributed by atoms with Gasteiger partial charge in [-0.05, 0) is 106 Å². The van der Waals surface area contributed by atoms with Crippen LogP contribution in [0.4, 0.5) is 0 Å². The Hall–Kier alpha value is -0.650. The van der Waals surface area contributed by atoms with Crippen molar-refractivity contribution in [2.75, 3.05) is 20.3 Å². The fourth-order valence-corrected chi connectivity index (χ4v) is 9.71. The van der Waals surface area contributed by atoms with Gasteiger partial charge in [0.2, 0.25) is 0 Å². The minimum atomic E-state index is -0.891. The molecule has 4 fully saturated rings. The molecule has 1 aliphatic heterocycles. The summed E-state index contributed by atoms with van der Waals surface area (Å²) in [6, 6.07) is 0. The van der Waals surface area contributed by atoms with Gasteiger partial charge in [-0.3, -0.25) is 10.5 Å². The van der Waals surface area contributed by atoms with Crippen molar-refractivity contribution in [2.24, 2.45) is 40.7 Å². The van der Waals surface area contributed by atoms with E-state index in [0.717, 1.165) is 77.2 Å². The zero-order valence-corrected chi connectivity index (χ0v) is 28.5. The van der Waals surface area contributed by atoms with Crippen molar-refractivity contribution in [3.05, 3.63) is 0 Å². The third-order valence-electron chi connectivity index (χ3n) is 12.3. The van der Waals surface area contributed by atoms with E-state index in [2.05, 4.69) is 19.2 Å². The number of methoxy groups -OCH3 is 1. The zero-order chi connectivity index (χ0) is 32.6. The number of quaternary nitrogens is 1. The second kappa shape index (κ2) is 17.7. The molecule has 0 aromatic heterocycles. The van der Waals surface area contributed by atoms with Gasteiger partial charge >= 0.3 is 0 Å². The molecule has 0 spiro atoms. The van der Waals surface area contributed by atoms with Crippen LogP contribution >= 0.6 is 0 Å². The number of hydrogen-bond acceptors (Lipinski definition) is 8. The average Bonchev–Trinajstić information content (AvgIpc) is 3.50. The van der Waals surface area contributed by atoms with Gasteiger partial charge in [0.25, 0.3) is 0 Å².